The summed E-state index contributed by atoms with van der Waals surface area (Å²) in [6.45, 7) is 3.43. The molecular formula is C16H21NO4. The maximum Gasteiger partial charge on any atom is 0.337 e. The van der Waals surface area contributed by atoms with Crippen LogP contribution in [0.1, 0.15) is 23.2 Å². The van der Waals surface area contributed by atoms with E-state index in [1.54, 1.807) is 0 Å². The van der Waals surface area contributed by atoms with Crippen LogP contribution in [0.4, 0.5) is 5.69 Å². The Morgan fingerprint density at radius 1 is 1.14 bits per heavy atom. The van der Waals surface area contributed by atoms with Gasteiger partial charge in [0.1, 0.15) is 0 Å². The van der Waals surface area contributed by atoms with Crippen molar-refractivity contribution in [2.75, 3.05) is 38.3 Å². The molecule has 0 unspecified atom stereocenters. The van der Waals surface area contributed by atoms with Crippen LogP contribution < -0.4 is 4.90 Å². The zero-order valence-corrected chi connectivity index (χ0v) is 12.3. The molecule has 5 heteroatoms. The molecule has 1 aromatic carbocycles. The van der Waals surface area contributed by atoms with Crippen LogP contribution >= 0.6 is 0 Å². The summed E-state index contributed by atoms with van der Waals surface area (Å²) >= 11 is 0. The number of rotatable bonds is 3. The Balaban J connectivity index is 1.57. The second-order valence-corrected chi connectivity index (χ2v) is 5.47. The van der Waals surface area contributed by atoms with Gasteiger partial charge in [-0.15, -0.1) is 0 Å². The van der Waals surface area contributed by atoms with Crippen LogP contribution in [-0.4, -0.2) is 45.7 Å². The largest absolute Gasteiger partial charge is 0.465 e. The Hall–Kier alpha value is -1.59. The summed E-state index contributed by atoms with van der Waals surface area (Å²) in [5.74, 6) is 0.203. The number of anilines is 1. The molecule has 0 atom stereocenters. The molecule has 114 valence electrons. The molecular weight excluding hydrogens is 270 g/mol. The van der Waals surface area contributed by atoms with Gasteiger partial charge >= 0.3 is 5.97 Å². The van der Waals surface area contributed by atoms with E-state index in [2.05, 4.69) is 4.90 Å². The third-order valence-electron chi connectivity index (χ3n) is 4.23. The summed E-state index contributed by atoms with van der Waals surface area (Å²) in [5.41, 5.74) is 1.73. The number of carbonyl (C=O) groups excluding carboxylic acids is 1. The van der Waals surface area contributed by atoms with E-state index in [4.69, 9.17) is 14.2 Å². The maximum atomic E-state index is 11.4. The molecule has 0 amide bonds. The Bertz CT molecular complexity index is 474. The zero-order valence-electron chi connectivity index (χ0n) is 12.3. The third-order valence-corrected chi connectivity index (χ3v) is 4.23. The predicted octanol–water partition coefficient (Wildman–Crippen LogP) is 2.06. The normalized spacial score (nSPS) is 20.7. The number of hydrogen-bond acceptors (Lipinski definition) is 5. The lowest BCUT2D eigenvalue weighted by molar-refractivity contribution is -0.0889. The van der Waals surface area contributed by atoms with E-state index in [0.29, 0.717) is 11.5 Å². The summed E-state index contributed by atoms with van der Waals surface area (Å²) in [5, 5.41) is 0. The summed E-state index contributed by atoms with van der Waals surface area (Å²) in [6, 6.07) is 7.59. The lowest BCUT2D eigenvalue weighted by Gasteiger charge is -2.35. The van der Waals surface area contributed by atoms with Crippen LogP contribution in [0.15, 0.2) is 24.3 Å². The van der Waals surface area contributed by atoms with Crippen molar-refractivity contribution in [1.29, 1.82) is 0 Å². The highest BCUT2D eigenvalue weighted by Crippen LogP contribution is 2.28. The van der Waals surface area contributed by atoms with E-state index < -0.39 is 0 Å². The molecule has 1 aromatic rings. The van der Waals surface area contributed by atoms with Crippen molar-refractivity contribution in [3.8, 4) is 0 Å². The highest BCUT2D eigenvalue weighted by atomic mass is 16.7. The van der Waals surface area contributed by atoms with Gasteiger partial charge in [-0.05, 0) is 37.1 Å². The topological polar surface area (TPSA) is 48.0 Å². The second-order valence-electron chi connectivity index (χ2n) is 5.47. The molecule has 2 aliphatic rings. The van der Waals surface area contributed by atoms with E-state index in [1.807, 2.05) is 24.3 Å². The van der Waals surface area contributed by atoms with Crippen LogP contribution in [-0.2, 0) is 14.2 Å². The molecule has 2 saturated heterocycles. The summed E-state index contributed by atoms with van der Waals surface area (Å²) in [6.07, 6.45) is 2.14. The van der Waals surface area contributed by atoms with Crippen molar-refractivity contribution in [3.05, 3.63) is 29.8 Å². The van der Waals surface area contributed by atoms with E-state index in [-0.39, 0.29) is 12.3 Å². The van der Waals surface area contributed by atoms with Crippen molar-refractivity contribution in [1.82, 2.24) is 0 Å². The van der Waals surface area contributed by atoms with Gasteiger partial charge in [0.25, 0.3) is 0 Å². The van der Waals surface area contributed by atoms with Gasteiger partial charge in [-0.2, -0.15) is 0 Å². The summed E-state index contributed by atoms with van der Waals surface area (Å²) in [4.78, 5) is 13.8. The number of hydrogen-bond donors (Lipinski definition) is 0. The second kappa shape index (κ2) is 6.45. The zero-order chi connectivity index (χ0) is 14.7. The highest BCUT2D eigenvalue weighted by molar-refractivity contribution is 5.89. The first kappa shape index (κ1) is 14.4. The minimum atomic E-state index is -0.296. The average Bonchev–Trinajstić information content (AvgIpc) is 3.09. The van der Waals surface area contributed by atoms with Crippen molar-refractivity contribution in [3.63, 3.8) is 0 Å². The van der Waals surface area contributed by atoms with Crippen molar-refractivity contribution in [2.24, 2.45) is 5.92 Å². The molecule has 5 nitrogen and oxygen atoms in total. The van der Waals surface area contributed by atoms with Crippen LogP contribution in [0, 0.1) is 5.92 Å². The summed E-state index contributed by atoms with van der Waals surface area (Å²) < 4.78 is 15.9. The van der Waals surface area contributed by atoms with E-state index in [1.165, 1.54) is 7.11 Å². The van der Waals surface area contributed by atoms with Gasteiger partial charge in [0.2, 0.25) is 0 Å². The van der Waals surface area contributed by atoms with Gasteiger partial charge in [-0.1, -0.05) is 0 Å². The lowest BCUT2D eigenvalue weighted by atomic mass is 9.95. The minimum Gasteiger partial charge on any atom is -0.465 e. The summed E-state index contributed by atoms with van der Waals surface area (Å²) in [7, 11) is 1.40. The number of methoxy groups -OCH3 is 1. The predicted molar refractivity (Wildman–Crippen MR) is 78.4 cm³/mol. The number of ether oxygens (including phenoxy) is 3. The first-order chi connectivity index (χ1) is 10.3. The number of carbonyl (C=O) groups is 1. The smallest absolute Gasteiger partial charge is 0.337 e. The molecule has 3 rings (SSSR count). The van der Waals surface area contributed by atoms with Crippen molar-refractivity contribution in [2.45, 2.75) is 19.1 Å². The monoisotopic (exact) mass is 291 g/mol. The Labute approximate surface area is 124 Å². The molecule has 2 heterocycles. The Kier molecular flexibility index (Phi) is 4.41. The fourth-order valence-electron chi connectivity index (χ4n) is 3.00. The van der Waals surface area contributed by atoms with Gasteiger partial charge in [-0.3, -0.25) is 0 Å². The molecule has 0 spiro atoms. The van der Waals surface area contributed by atoms with E-state index in [0.717, 1.165) is 44.8 Å². The molecule has 21 heavy (non-hydrogen) atoms. The lowest BCUT2D eigenvalue weighted by Crippen LogP contribution is -2.38. The van der Waals surface area contributed by atoms with E-state index in [9.17, 15) is 4.79 Å². The highest BCUT2D eigenvalue weighted by Gasteiger charge is 2.30. The van der Waals surface area contributed by atoms with Gasteiger partial charge in [0, 0.05) is 24.7 Å². The van der Waals surface area contributed by atoms with Crippen LogP contribution in [0.3, 0.4) is 0 Å². The standard InChI is InChI=1S/C16H21NO4/c1-19-15(18)12-2-4-14(5-3-12)17-8-6-13(7-9-17)16-20-10-11-21-16/h2-5,13,16H,6-11H2,1H3. The van der Waals surface area contributed by atoms with Gasteiger partial charge in [-0.25, -0.2) is 4.79 Å². The Morgan fingerprint density at radius 2 is 1.76 bits per heavy atom. The number of benzene rings is 1. The fraction of sp³-hybridized carbons (Fsp3) is 0.562. The van der Waals surface area contributed by atoms with Crippen LogP contribution in [0.5, 0.6) is 0 Å². The average molecular weight is 291 g/mol. The minimum absolute atomic E-state index is 0.00569. The molecule has 2 fully saturated rings. The first-order valence-electron chi connectivity index (χ1n) is 7.44. The quantitative estimate of drug-likeness (QED) is 0.798. The van der Waals surface area contributed by atoms with Gasteiger partial charge in [0.05, 0.1) is 25.9 Å². The number of esters is 1. The number of nitrogens with zero attached hydrogens (tertiary/aromatic N) is 1. The van der Waals surface area contributed by atoms with Crippen LogP contribution in [0.2, 0.25) is 0 Å². The molecule has 0 aromatic heterocycles. The number of piperidine rings is 1. The SMILES string of the molecule is COC(=O)c1ccc(N2CCC(C3OCCO3)CC2)cc1. The van der Waals surface area contributed by atoms with E-state index >= 15 is 0 Å². The Morgan fingerprint density at radius 3 is 2.33 bits per heavy atom. The maximum absolute atomic E-state index is 11.4. The molecule has 0 aliphatic carbocycles. The van der Waals surface area contributed by atoms with Gasteiger partial charge in [0.15, 0.2) is 6.29 Å². The van der Waals surface area contributed by atoms with Gasteiger partial charge < -0.3 is 19.1 Å². The molecule has 0 bridgehead atoms. The third kappa shape index (κ3) is 3.19. The van der Waals surface area contributed by atoms with Crippen molar-refractivity contribution >= 4 is 11.7 Å². The van der Waals surface area contributed by atoms with Crippen LogP contribution in [0.25, 0.3) is 0 Å². The molecule has 0 radical (unpaired) electrons. The molecule has 2 aliphatic heterocycles. The molecule has 0 N–H and O–H groups in total. The molecule has 0 saturated carbocycles. The van der Waals surface area contributed by atoms with Crippen molar-refractivity contribution < 1.29 is 19.0 Å². The fourth-order valence-corrected chi connectivity index (χ4v) is 3.00. The first-order valence-corrected chi connectivity index (χ1v) is 7.44.